The first kappa shape index (κ1) is 9.71. The van der Waals surface area contributed by atoms with Gasteiger partial charge in [0.05, 0.1) is 5.52 Å². The van der Waals surface area contributed by atoms with Crippen LogP contribution < -0.4 is 0 Å². The van der Waals surface area contributed by atoms with Crippen molar-refractivity contribution in [3.63, 3.8) is 0 Å². The van der Waals surface area contributed by atoms with E-state index in [0.717, 1.165) is 11.1 Å². The maximum absolute atomic E-state index is 11.0. The van der Waals surface area contributed by atoms with Crippen LogP contribution in [0.4, 0.5) is 0 Å². The van der Waals surface area contributed by atoms with Gasteiger partial charge in [0.25, 0.3) is 0 Å². The zero-order chi connectivity index (χ0) is 11.0. The van der Waals surface area contributed by atoms with E-state index in [0.29, 0.717) is 11.9 Å². The van der Waals surface area contributed by atoms with Crippen LogP contribution in [0, 0.1) is 6.92 Å². The van der Waals surface area contributed by atoms with Crippen molar-refractivity contribution in [1.82, 2.24) is 9.78 Å². The Hall–Kier alpha value is -1.84. The van der Waals surface area contributed by atoms with E-state index in [4.69, 9.17) is 5.11 Å². The predicted octanol–water partition coefficient (Wildman–Crippen LogP) is 2.06. The van der Waals surface area contributed by atoms with E-state index in [9.17, 15) is 4.79 Å². The zero-order valence-corrected chi connectivity index (χ0v) is 8.69. The number of fused-ring (bicyclic) bond motifs is 1. The highest BCUT2D eigenvalue weighted by Crippen LogP contribution is 2.20. The first-order valence-electron chi connectivity index (χ1n) is 4.84. The first-order chi connectivity index (χ1) is 7.13. The largest absolute Gasteiger partial charge is 0.476 e. The SMILES string of the molecule is CCn1nc(C(=O)O)c2cc(C)ccc21. The van der Waals surface area contributed by atoms with Gasteiger partial charge in [0, 0.05) is 11.9 Å². The molecule has 0 unspecified atom stereocenters. The third-order valence-electron chi connectivity index (χ3n) is 2.41. The summed E-state index contributed by atoms with van der Waals surface area (Å²) in [6.45, 7) is 4.55. The van der Waals surface area contributed by atoms with E-state index in [2.05, 4.69) is 5.10 Å². The van der Waals surface area contributed by atoms with Gasteiger partial charge in [-0.3, -0.25) is 4.68 Å². The fourth-order valence-corrected chi connectivity index (χ4v) is 1.69. The quantitative estimate of drug-likeness (QED) is 0.814. The molecule has 15 heavy (non-hydrogen) atoms. The lowest BCUT2D eigenvalue weighted by Gasteiger charge is -1.97. The van der Waals surface area contributed by atoms with Crippen LogP contribution in [0.25, 0.3) is 10.9 Å². The van der Waals surface area contributed by atoms with E-state index in [1.165, 1.54) is 0 Å². The molecule has 1 heterocycles. The summed E-state index contributed by atoms with van der Waals surface area (Å²) in [7, 11) is 0. The van der Waals surface area contributed by atoms with Gasteiger partial charge in [-0.25, -0.2) is 4.79 Å². The van der Waals surface area contributed by atoms with E-state index >= 15 is 0 Å². The second-order valence-corrected chi connectivity index (χ2v) is 3.49. The number of aryl methyl sites for hydroxylation is 2. The van der Waals surface area contributed by atoms with Crippen LogP contribution in [0.3, 0.4) is 0 Å². The second kappa shape index (κ2) is 3.38. The van der Waals surface area contributed by atoms with Crippen LogP contribution in [0.5, 0.6) is 0 Å². The molecule has 1 aromatic carbocycles. The summed E-state index contributed by atoms with van der Waals surface area (Å²) < 4.78 is 1.71. The fraction of sp³-hybridized carbons (Fsp3) is 0.273. The Kier molecular flexibility index (Phi) is 2.19. The number of carbonyl (C=O) groups is 1. The van der Waals surface area contributed by atoms with Crippen LogP contribution in [0.1, 0.15) is 23.0 Å². The van der Waals surface area contributed by atoms with Gasteiger partial charge >= 0.3 is 5.97 Å². The summed E-state index contributed by atoms with van der Waals surface area (Å²) in [4.78, 5) is 11.0. The number of hydrogen-bond acceptors (Lipinski definition) is 2. The van der Waals surface area contributed by atoms with Crippen LogP contribution in [0.2, 0.25) is 0 Å². The highest BCUT2D eigenvalue weighted by molar-refractivity contribution is 6.01. The molecule has 0 radical (unpaired) electrons. The lowest BCUT2D eigenvalue weighted by atomic mass is 10.1. The molecule has 0 amide bonds. The zero-order valence-electron chi connectivity index (χ0n) is 8.69. The number of benzene rings is 1. The number of aromatic carboxylic acids is 1. The van der Waals surface area contributed by atoms with Crippen molar-refractivity contribution in [1.29, 1.82) is 0 Å². The van der Waals surface area contributed by atoms with E-state index in [-0.39, 0.29) is 5.69 Å². The minimum Gasteiger partial charge on any atom is -0.476 e. The molecule has 0 aliphatic heterocycles. The second-order valence-electron chi connectivity index (χ2n) is 3.49. The molecule has 1 N–H and O–H groups in total. The molecule has 4 nitrogen and oxygen atoms in total. The highest BCUT2D eigenvalue weighted by Gasteiger charge is 2.15. The molecule has 0 aliphatic rings. The van der Waals surface area contributed by atoms with Gasteiger partial charge < -0.3 is 5.11 Å². The number of nitrogens with zero attached hydrogens (tertiary/aromatic N) is 2. The molecule has 78 valence electrons. The van der Waals surface area contributed by atoms with Crippen LogP contribution in [0.15, 0.2) is 18.2 Å². The topological polar surface area (TPSA) is 55.1 Å². The fourth-order valence-electron chi connectivity index (χ4n) is 1.69. The molecule has 0 saturated heterocycles. The Bertz CT molecular complexity index is 529. The maximum atomic E-state index is 11.0. The van der Waals surface area contributed by atoms with Gasteiger partial charge in [0.2, 0.25) is 0 Å². The van der Waals surface area contributed by atoms with Crippen LogP contribution >= 0.6 is 0 Å². The Morgan fingerprint density at radius 1 is 1.53 bits per heavy atom. The van der Waals surface area contributed by atoms with Crippen molar-refractivity contribution in [2.45, 2.75) is 20.4 Å². The smallest absolute Gasteiger partial charge is 0.357 e. The molecule has 2 rings (SSSR count). The molecule has 4 heteroatoms. The molecule has 0 bridgehead atoms. The molecule has 0 fully saturated rings. The Labute approximate surface area is 87.1 Å². The van der Waals surface area contributed by atoms with Gasteiger partial charge in [-0.1, -0.05) is 11.6 Å². The Balaban J connectivity index is 2.81. The summed E-state index contributed by atoms with van der Waals surface area (Å²) in [5.74, 6) is -0.974. The number of hydrogen-bond donors (Lipinski definition) is 1. The number of rotatable bonds is 2. The third kappa shape index (κ3) is 1.48. The molecule has 2 aromatic rings. The normalized spacial score (nSPS) is 10.8. The molecule has 0 spiro atoms. The molecule has 1 aromatic heterocycles. The van der Waals surface area contributed by atoms with Crippen molar-refractivity contribution in [3.05, 3.63) is 29.5 Å². The van der Waals surface area contributed by atoms with E-state index < -0.39 is 5.97 Å². The number of carboxylic acid groups (broad SMARTS) is 1. The average Bonchev–Trinajstić information content (AvgIpc) is 2.55. The van der Waals surface area contributed by atoms with Gasteiger partial charge in [-0.05, 0) is 26.0 Å². The van der Waals surface area contributed by atoms with E-state index in [1.807, 2.05) is 32.0 Å². The number of carboxylic acids is 1. The monoisotopic (exact) mass is 204 g/mol. The Morgan fingerprint density at radius 2 is 2.27 bits per heavy atom. The Morgan fingerprint density at radius 3 is 2.87 bits per heavy atom. The minimum absolute atomic E-state index is 0.135. The lowest BCUT2D eigenvalue weighted by molar-refractivity contribution is 0.0691. The van der Waals surface area contributed by atoms with Crippen molar-refractivity contribution in [2.24, 2.45) is 0 Å². The highest BCUT2D eigenvalue weighted by atomic mass is 16.4. The summed E-state index contributed by atoms with van der Waals surface area (Å²) in [5, 5.41) is 13.8. The molecule has 0 atom stereocenters. The predicted molar refractivity (Wildman–Crippen MR) is 57.1 cm³/mol. The molecular weight excluding hydrogens is 192 g/mol. The van der Waals surface area contributed by atoms with Crippen molar-refractivity contribution < 1.29 is 9.90 Å². The van der Waals surface area contributed by atoms with Crippen molar-refractivity contribution in [3.8, 4) is 0 Å². The summed E-state index contributed by atoms with van der Waals surface area (Å²) in [6, 6.07) is 5.73. The van der Waals surface area contributed by atoms with E-state index in [1.54, 1.807) is 4.68 Å². The summed E-state index contributed by atoms with van der Waals surface area (Å²) in [6.07, 6.45) is 0. The summed E-state index contributed by atoms with van der Waals surface area (Å²) >= 11 is 0. The average molecular weight is 204 g/mol. The van der Waals surface area contributed by atoms with Crippen molar-refractivity contribution in [2.75, 3.05) is 0 Å². The molecular formula is C11H12N2O2. The first-order valence-corrected chi connectivity index (χ1v) is 4.84. The lowest BCUT2D eigenvalue weighted by Crippen LogP contribution is -2.01. The van der Waals surface area contributed by atoms with Gasteiger partial charge in [-0.2, -0.15) is 5.10 Å². The standard InChI is InChI=1S/C11H12N2O2/c1-3-13-9-5-4-7(2)6-8(9)10(12-13)11(14)15/h4-6H,3H2,1-2H3,(H,14,15). The number of aromatic nitrogens is 2. The minimum atomic E-state index is -0.974. The van der Waals surface area contributed by atoms with Gasteiger partial charge in [0.1, 0.15) is 0 Å². The van der Waals surface area contributed by atoms with Gasteiger partial charge in [0.15, 0.2) is 5.69 Å². The van der Waals surface area contributed by atoms with Gasteiger partial charge in [-0.15, -0.1) is 0 Å². The summed E-state index contributed by atoms with van der Waals surface area (Å²) in [5.41, 5.74) is 2.05. The molecule has 0 aliphatic carbocycles. The van der Waals surface area contributed by atoms with Crippen LogP contribution in [-0.2, 0) is 6.54 Å². The molecule has 0 saturated carbocycles. The third-order valence-corrected chi connectivity index (χ3v) is 2.41. The van der Waals surface area contributed by atoms with Crippen molar-refractivity contribution >= 4 is 16.9 Å². The van der Waals surface area contributed by atoms with Crippen LogP contribution in [-0.4, -0.2) is 20.9 Å². The maximum Gasteiger partial charge on any atom is 0.357 e.